The Hall–Kier alpha value is -0.0800. The van der Waals surface area contributed by atoms with E-state index in [9.17, 15) is 0 Å². The van der Waals surface area contributed by atoms with Crippen LogP contribution in [0.2, 0.25) is 0 Å². The van der Waals surface area contributed by atoms with Gasteiger partial charge in [0.25, 0.3) is 0 Å². The molecule has 0 amide bonds. The average Bonchev–Trinajstić information content (AvgIpc) is 2.75. The van der Waals surface area contributed by atoms with Crippen LogP contribution in [0, 0.1) is 0 Å². The quantitative estimate of drug-likeness (QED) is 0.584. The summed E-state index contributed by atoms with van der Waals surface area (Å²) in [5, 5.41) is 0. The minimum absolute atomic E-state index is 0.212. The molecule has 3 rings (SSSR count). The molecule has 68 valence electrons. The van der Waals surface area contributed by atoms with Gasteiger partial charge in [0.1, 0.15) is 0 Å². The van der Waals surface area contributed by atoms with Gasteiger partial charge in [-0.25, -0.2) is 0 Å². The van der Waals surface area contributed by atoms with Crippen molar-refractivity contribution >= 4 is 0 Å². The van der Waals surface area contributed by atoms with E-state index in [0.29, 0.717) is 5.54 Å². The molecular weight excluding hydrogens is 148 g/mol. The Kier molecular flexibility index (Phi) is 1.25. The minimum atomic E-state index is 0.212. The molecule has 0 atom stereocenters. The van der Waals surface area contributed by atoms with E-state index in [2.05, 4.69) is 4.90 Å². The summed E-state index contributed by atoms with van der Waals surface area (Å²) in [6.07, 6.45) is 7.98. The summed E-state index contributed by atoms with van der Waals surface area (Å²) in [5.41, 5.74) is 7.20. The van der Waals surface area contributed by atoms with Crippen LogP contribution in [0.4, 0.5) is 0 Å². The van der Waals surface area contributed by atoms with Crippen molar-refractivity contribution in [2.75, 3.05) is 13.1 Å². The first-order valence-electron chi connectivity index (χ1n) is 5.31. The molecule has 0 aromatic rings. The maximum atomic E-state index is 6.50. The maximum absolute atomic E-state index is 6.50. The number of hydrogen-bond acceptors (Lipinski definition) is 2. The van der Waals surface area contributed by atoms with E-state index >= 15 is 0 Å². The highest BCUT2D eigenvalue weighted by Crippen LogP contribution is 2.56. The van der Waals surface area contributed by atoms with E-state index in [-0.39, 0.29) is 5.54 Å². The van der Waals surface area contributed by atoms with Crippen LogP contribution in [0.15, 0.2) is 0 Å². The lowest BCUT2D eigenvalue weighted by Gasteiger charge is -2.53. The number of piperidine rings is 2. The zero-order chi connectivity index (χ0) is 8.23. The van der Waals surface area contributed by atoms with E-state index in [1.807, 2.05) is 0 Å². The van der Waals surface area contributed by atoms with Crippen molar-refractivity contribution in [3.8, 4) is 0 Å². The second-order valence-corrected chi connectivity index (χ2v) is 4.88. The summed E-state index contributed by atoms with van der Waals surface area (Å²) >= 11 is 0. The van der Waals surface area contributed by atoms with Gasteiger partial charge >= 0.3 is 0 Å². The Morgan fingerprint density at radius 1 is 0.917 bits per heavy atom. The standard InChI is InChI=1S/C10H18N2/c11-9-3-1-7-12(8-2-4-9)10(9)5-6-10/h1-8,11H2. The molecule has 2 aliphatic heterocycles. The molecule has 0 aromatic heterocycles. The number of hydrogen-bond donors (Lipinski definition) is 1. The van der Waals surface area contributed by atoms with Crippen LogP contribution in [-0.2, 0) is 0 Å². The zero-order valence-electron chi connectivity index (χ0n) is 7.68. The molecule has 2 N–H and O–H groups in total. The Balaban J connectivity index is 1.98. The first-order valence-corrected chi connectivity index (χ1v) is 5.31. The molecular formula is C10H18N2. The zero-order valence-corrected chi connectivity index (χ0v) is 7.68. The van der Waals surface area contributed by atoms with Crippen LogP contribution in [-0.4, -0.2) is 29.1 Å². The van der Waals surface area contributed by atoms with Crippen molar-refractivity contribution in [1.29, 1.82) is 0 Å². The number of rotatable bonds is 0. The fraction of sp³-hybridized carbons (Fsp3) is 1.00. The molecule has 3 aliphatic rings. The molecule has 12 heavy (non-hydrogen) atoms. The molecule has 2 saturated heterocycles. The lowest BCUT2D eigenvalue weighted by atomic mass is 9.73. The van der Waals surface area contributed by atoms with Crippen molar-refractivity contribution in [2.45, 2.75) is 49.6 Å². The van der Waals surface area contributed by atoms with Gasteiger partial charge in [-0.15, -0.1) is 0 Å². The highest BCUT2D eigenvalue weighted by Gasteiger charge is 2.63. The molecule has 1 spiro atoms. The van der Waals surface area contributed by atoms with Crippen LogP contribution in [0.5, 0.6) is 0 Å². The molecule has 2 heteroatoms. The van der Waals surface area contributed by atoms with Gasteiger partial charge in [0.05, 0.1) is 0 Å². The fourth-order valence-corrected chi connectivity index (χ4v) is 3.55. The average molecular weight is 166 g/mol. The second kappa shape index (κ2) is 2.05. The van der Waals surface area contributed by atoms with Crippen molar-refractivity contribution in [3.05, 3.63) is 0 Å². The summed E-state index contributed by atoms with van der Waals surface area (Å²) in [5.74, 6) is 0. The topological polar surface area (TPSA) is 29.3 Å². The van der Waals surface area contributed by atoms with Gasteiger partial charge in [-0.1, -0.05) is 0 Å². The SMILES string of the molecule is NC12CCCN(CCC1)C21CC1. The first-order chi connectivity index (χ1) is 5.77. The molecule has 0 radical (unpaired) electrons. The molecule has 1 saturated carbocycles. The van der Waals surface area contributed by atoms with Gasteiger partial charge in [0, 0.05) is 11.1 Å². The summed E-state index contributed by atoms with van der Waals surface area (Å²) in [6.45, 7) is 2.64. The predicted molar refractivity (Wildman–Crippen MR) is 48.9 cm³/mol. The van der Waals surface area contributed by atoms with Crippen molar-refractivity contribution in [1.82, 2.24) is 4.90 Å². The molecule has 2 nitrogen and oxygen atoms in total. The third-order valence-electron chi connectivity index (χ3n) is 4.36. The smallest absolute Gasteiger partial charge is 0.0390 e. The number of nitrogens with two attached hydrogens (primary N) is 1. The van der Waals surface area contributed by atoms with Gasteiger partial charge in [0.2, 0.25) is 0 Å². The molecule has 2 heterocycles. The predicted octanol–water partition coefficient (Wildman–Crippen LogP) is 1.11. The van der Waals surface area contributed by atoms with E-state index in [1.165, 1.54) is 51.6 Å². The summed E-state index contributed by atoms with van der Waals surface area (Å²) in [6, 6.07) is 0. The third-order valence-corrected chi connectivity index (χ3v) is 4.36. The van der Waals surface area contributed by atoms with Crippen molar-refractivity contribution in [2.24, 2.45) is 5.73 Å². The molecule has 1 aliphatic carbocycles. The van der Waals surface area contributed by atoms with Crippen LogP contribution in [0.1, 0.15) is 38.5 Å². The number of nitrogens with zero attached hydrogens (tertiary/aromatic N) is 1. The van der Waals surface area contributed by atoms with Gasteiger partial charge < -0.3 is 5.73 Å². The lowest BCUT2D eigenvalue weighted by molar-refractivity contribution is 0.00899. The van der Waals surface area contributed by atoms with Crippen LogP contribution < -0.4 is 5.73 Å². The summed E-state index contributed by atoms with van der Waals surface area (Å²) < 4.78 is 0. The molecule has 3 fully saturated rings. The van der Waals surface area contributed by atoms with E-state index in [1.54, 1.807) is 0 Å². The van der Waals surface area contributed by atoms with Crippen molar-refractivity contribution < 1.29 is 0 Å². The van der Waals surface area contributed by atoms with Crippen LogP contribution in [0.3, 0.4) is 0 Å². The molecule has 2 bridgehead atoms. The Morgan fingerprint density at radius 2 is 1.50 bits per heavy atom. The Bertz CT molecular complexity index is 198. The lowest BCUT2D eigenvalue weighted by Crippen LogP contribution is -2.67. The van der Waals surface area contributed by atoms with Gasteiger partial charge in [-0.05, 0) is 51.6 Å². The van der Waals surface area contributed by atoms with Gasteiger partial charge in [0.15, 0.2) is 0 Å². The maximum Gasteiger partial charge on any atom is 0.0390 e. The molecule has 0 unspecified atom stereocenters. The van der Waals surface area contributed by atoms with E-state index in [4.69, 9.17) is 5.73 Å². The van der Waals surface area contributed by atoms with Crippen molar-refractivity contribution in [3.63, 3.8) is 0 Å². The minimum Gasteiger partial charge on any atom is -0.324 e. The van der Waals surface area contributed by atoms with E-state index in [0.717, 1.165) is 0 Å². The highest BCUT2D eigenvalue weighted by atomic mass is 15.3. The molecule has 0 aromatic carbocycles. The normalized spacial score (nSPS) is 49.2. The van der Waals surface area contributed by atoms with Crippen LogP contribution in [0.25, 0.3) is 0 Å². The van der Waals surface area contributed by atoms with Gasteiger partial charge in [-0.3, -0.25) is 4.90 Å². The van der Waals surface area contributed by atoms with E-state index < -0.39 is 0 Å². The monoisotopic (exact) mass is 166 g/mol. The Morgan fingerprint density at radius 3 is 1.83 bits per heavy atom. The first kappa shape index (κ1) is 7.34. The Labute approximate surface area is 74.1 Å². The fourth-order valence-electron chi connectivity index (χ4n) is 3.55. The summed E-state index contributed by atoms with van der Waals surface area (Å²) in [4.78, 5) is 2.68. The largest absolute Gasteiger partial charge is 0.324 e. The highest BCUT2D eigenvalue weighted by molar-refractivity contribution is 5.22. The second-order valence-electron chi connectivity index (χ2n) is 4.88. The van der Waals surface area contributed by atoms with Gasteiger partial charge in [-0.2, -0.15) is 0 Å². The third kappa shape index (κ3) is 0.686. The summed E-state index contributed by atoms with van der Waals surface area (Å²) in [7, 11) is 0. The van der Waals surface area contributed by atoms with Crippen LogP contribution >= 0.6 is 0 Å².